The van der Waals surface area contributed by atoms with Gasteiger partial charge in [0.1, 0.15) is 12.1 Å². The van der Waals surface area contributed by atoms with Crippen molar-refractivity contribution in [2.45, 2.75) is 13.5 Å². The molecule has 0 fully saturated rings. The first kappa shape index (κ1) is 18.1. The fourth-order valence-corrected chi connectivity index (χ4v) is 3.62. The molecule has 2 aromatic carbocycles. The lowest BCUT2D eigenvalue weighted by Crippen LogP contribution is -2.22. The molecule has 0 saturated heterocycles. The van der Waals surface area contributed by atoms with Gasteiger partial charge in [0.2, 0.25) is 0 Å². The quantitative estimate of drug-likeness (QED) is 0.464. The molecule has 0 spiro atoms. The Kier molecular flexibility index (Phi) is 4.28. The second-order valence-electron chi connectivity index (χ2n) is 7.16. The highest BCUT2D eigenvalue weighted by molar-refractivity contribution is 5.93. The van der Waals surface area contributed by atoms with Crippen molar-refractivity contribution in [1.82, 2.24) is 24.1 Å². The van der Waals surface area contributed by atoms with Crippen LogP contribution in [0.25, 0.3) is 27.9 Å². The molecule has 0 aliphatic rings. The Bertz CT molecular complexity index is 1430. The molecule has 0 radical (unpaired) electrons. The summed E-state index contributed by atoms with van der Waals surface area (Å²) in [7, 11) is 1.61. The van der Waals surface area contributed by atoms with Gasteiger partial charge in [-0.15, -0.1) is 0 Å². The lowest BCUT2D eigenvalue weighted by molar-refractivity contribution is 0.415. The van der Waals surface area contributed by atoms with Crippen LogP contribution < -0.4 is 10.3 Å². The topological polar surface area (TPSA) is 74.3 Å². The van der Waals surface area contributed by atoms with Gasteiger partial charge >= 0.3 is 0 Å². The number of ether oxygens (including phenoxy) is 1. The first-order valence-corrected chi connectivity index (χ1v) is 9.57. The Labute approximate surface area is 172 Å². The minimum Gasteiger partial charge on any atom is -0.497 e. The third kappa shape index (κ3) is 3.00. The predicted octanol–water partition coefficient (Wildman–Crippen LogP) is 3.47. The van der Waals surface area contributed by atoms with Gasteiger partial charge in [0.05, 0.1) is 30.3 Å². The molecule has 0 unspecified atom stereocenters. The highest BCUT2D eigenvalue weighted by Crippen LogP contribution is 2.28. The number of nitrogens with zero attached hydrogens (tertiary/aromatic N) is 5. The molecule has 0 N–H and O–H groups in total. The van der Waals surface area contributed by atoms with Crippen LogP contribution in [0.15, 0.2) is 71.9 Å². The molecular formula is C23H19N5O2. The summed E-state index contributed by atoms with van der Waals surface area (Å²) in [5.41, 5.74) is 4.15. The van der Waals surface area contributed by atoms with Gasteiger partial charge in [0.25, 0.3) is 11.3 Å². The molecule has 0 saturated carbocycles. The molecule has 0 aliphatic carbocycles. The maximum atomic E-state index is 13.5. The van der Waals surface area contributed by atoms with Gasteiger partial charge in [-0.25, -0.2) is 4.98 Å². The van der Waals surface area contributed by atoms with Crippen molar-refractivity contribution >= 4 is 16.7 Å². The zero-order valence-electron chi connectivity index (χ0n) is 16.6. The Hall–Kier alpha value is -4.00. The molecule has 0 amide bonds. The van der Waals surface area contributed by atoms with Crippen LogP contribution in [0.1, 0.15) is 11.1 Å². The van der Waals surface area contributed by atoms with E-state index in [1.54, 1.807) is 22.4 Å². The molecule has 7 nitrogen and oxygen atoms in total. The first-order chi connectivity index (χ1) is 14.6. The van der Waals surface area contributed by atoms with Crippen molar-refractivity contribution in [2.24, 2.45) is 0 Å². The van der Waals surface area contributed by atoms with Crippen LogP contribution in [0.4, 0.5) is 0 Å². The van der Waals surface area contributed by atoms with Crippen molar-refractivity contribution in [3.63, 3.8) is 0 Å². The summed E-state index contributed by atoms with van der Waals surface area (Å²) in [5.74, 6) is 1.14. The molecule has 30 heavy (non-hydrogen) atoms. The molecule has 5 rings (SSSR count). The summed E-state index contributed by atoms with van der Waals surface area (Å²) in [4.78, 5) is 22.3. The maximum absolute atomic E-state index is 13.5. The SMILES string of the molecule is COc1cccc(-c2c3c(=O)n(Cc4ccc(C)cc4)ccc3nc3ncnn23)c1. The molecule has 5 aromatic rings. The number of fused-ring (bicyclic) bond motifs is 2. The van der Waals surface area contributed by atoms with E-state index in [-0.39, 0.29) is 5.56 Å². The second kappa shape index (κ2) is 7.11. The van der Waals surface area contributed by atoms with Gasteiger partial charge < -0.3 is 9.30 Å². The summed E-state index contributed by atoms with van der Waals surface area (Å²) in [6.07, 6.45) is 3.22. The molecule has 7 heteroatoms. The maximum Gasteiger partial charge on any atom is 0.262 e. The van der Waals surface area contributed by atoms with Gasteiger partial charge in [-0.3, -0.25) is 4.79 Å². The van der Waals surface area contributed by atoms with Crippen LogP contribution in [0.2, 0.25) is 0 Å². The molecule has 0 aliphatic heterocycles. The summed E-state index contributed by atoms with van der Waals surface area (Å²) in [6, 6.07) is 17.6. The number of hydrogen-bond acceptors (Lipinski definition) is 5. The minimum atomic E-state index is -0.129. The van der Waals surface area contributed by atoms with E-state index in [0.717, 1.165) is 11.1 Å². The van der Waals surface area contributed by atoms with Crippen molar-refractivity contribution < 1.29 is 4.74 Å². The molecular weight excluding hydrogens is 378 g/mol. The number of aromatic nitrogens is 5. The molecule has 0 bridgehead atoms. The van der Waals surface area contributed by atoms with Crippen LogP contribution in [0.5, 0.6) is 5.75 Å². The van der Waals surface area contributed by atoms with E-state index in [2.05, 4.69) is 15.1 Å². The van der Waals surface area contributed by atoms with Gasteiger partial charge in [-0.1, -0.05) is 42.0 Å². The van der Waals surface area contributed by atoms with E-state index in [1.807, 2.05) is 61.5 Å². The number of hydrogen-bond donors (Lipinski definition) is 0. The smallest absolute Gasteiger partial charge is 0.262 e. The van der Waals surface area contributed by atoms with Crippen molar-refractivity contribution in [1.29, 1.82) is 0 Å². The van der Waals surface area contributed by atoms with Crippen LogP contribution in [-0.2, 0) is 6.54 Å². The molecule has 3 heterocycles. The summed E-state index contributed by atoms with van der Waals surface area (Å²) < 4.78 is 8.68. The van der Waals surface area contributed by atoms with E-state index in [0.29, 0.717) is 34.7 Å². The lowest BCUT2D eigenvalue weighted by atomic mass is 10.1. The summed E-state index contributed by atoms with van der Waals surface area (Å²) >= 11 is 0. The fourth-order valence-electron chi connectivity index (χ4n) is 3.62. The number of benzene rings is 2. The largest absolute Gasteiger partial charge is 0.497 e. The zero-order valence-corrected chi connectivity index (χ0v) is 16.6. The Morgan fingerprint density at radius 1 is 1.07 bits per heavy atom. The second-order valence-corrected chi connectivity index (χ2v) is 7.16. The van der Waals surface area contributed by atoms with Gasteiger partial charge in [0.15, 0.2) is 0 Å². The van der Waals surface area contributed by atoms with E-state index >= 15 is 0 Å². The van der Waals surface area contributed by atoms with E-state index in [4.69, 9.17) is 4.74 Å². The third-order valence-electron chi connectivity index (χ3n) is 5.16. The van der Waals surface area contributed by atoms with Crippen molar-refractivity contribution in [3.8, 4) is 17.0 Å². The van der Waals surface area contributed by atoms with E-state index < -0.39 is 0 Å². The molecule has 3 aromatic heterocycles. The average Bonchev–Trinajstić information content (AvgIpc) is 3.24. The minimum absolute atomic E-state index is 0.129. The van der Waals surface area contributed by atoms with Crippen LogP contribution in [-0.4, -0.2) is 31.3 Å². The van der Waals surface area contributed by atoms with E-state index in [9.17, 15) is 4.79 Å². The Balaban J connectivity index is 1.78. The zero-order chi connectivity index (χ0) is 20.7. The first-order valence-electron chi connectivity index (χ1n) is 9.57. The van der Waals surface area contributed by atoms with Crippen LogP contribution in [0, 0.1) is 6.92 Å². The average molecular weight is 397 g/mol. The standard InChI is InChI=1S/C23H19N5O2/c1-15-6-8-16(9-7-15)13-27-11-10-19-20(22(27)29)21(28-23(26-19)24-14-25-28)17-4-3-5-18(12-17)30-2/h3-12,14H,13H2,1-2H3. The van der Waals surface area contributed by atoms with E-state index in [1.165, 1.54) is 11.9 Å². The van der Waals surface area contributed by atoms with Gasteiger partial charge in [-0.2, -0.15) is 14.6 Å². The number of methoxy groups -OCH3 is 1. The number of aryl methyl sites for hydroxylation is 1. The fraction of sp³-hybridized carbons (Fsp3) is 0.130. The number of pyridine rings is 1. The molecule has 148 valence electrons. The molecule has 0 atom stereocenters. The van der Waals surface area contributed by atoms with Gasteiger partial charge in [0, 0.05) is 11.8 Å². The summed E-state index contributed by atoms with van der Waals surface area (Å²) in [5, 5.41) is 4.82. The monoisotopic (exact) mass is 397 g/mol. The predicted molar refractivity (Wildman–Crippen MR) is 115 cm³/mol. The Morgan fingerprint density at radius 2 is 1.90 bits per heavy atom. The normalized spacial score (nSPS) is 11.3. The van der Waals surface area contributed by atoms with Crippen molar-refractivity contribution in [3.05, 3.63) is 88.6 Å². The summed E-state index contributed by atoms with van der Waals surface area (Å²) in [6.45, 7) is 2.52. The van der Waals surface area contributed by atoms with Crippen LogP contribution in [0.3, 0.4) is 0 Å². The lowest BCUT2D eigenvalue weighted by Gasteiger charge is -2.12. The Morgan fingerprint density at radius 3 is 2.70 bits per heavy atom. The third-order valence-corrected chi connectivity index (χ3v) is 5.16. The van der Waals surface area contributed by atoms with Crippen LogP contribution >= 0.6 is 0 Å². The van der Waals surface area contributed by atoms with Crippen molar-refractivity contribution in [2.75, 3.05) is 7.11 Å². The highest BCUT2D eigenvalue weighted by atomic mass is 16.5. The van der Waals surface area contributed by atoms with Gasteiger partial charge in [-0.05, 0) is 30.7 Å². The number of rotatable bonds is 4. The highest BCUT2D eigenvalue weighted by Gasteiger charge is 2.17.